The maximum absolute atomic E-state index is 12.4. The molecule has 2 rings (SSSR count). The number of hydrogen-bond donors (Lipinski definition) is 0. The third-order valence-corrected chi connectivity index (χ3v) is 4.67. The van der Waals surface area contributed by atoms with Crippen LogP contribution in [0.5, 0.6) is 0 Å². The second kappa shape index (κ2) is 7.64. The number of anilines is 1. The van der Waals surface area contributed by atoms with Gasteiger partial charge in [-0.1, -0.05) is 0 Å². The number of carbonyl (C=O) groups excluding carboxylic acids is 1. The highest BCUT2D eigenvalue weighted by Crippen LogP contribution is 2.24. The van der Waals surface area contributed by atoms with E-state index in [1.807, 2.05) is 31.2 Å². The van der Waals surface area contributed by atoms with E-state index in [-0.39, 0.29) is 5.92 Å². The molecule has 0 radical (unpaired) electrons. The molecule has 2 heterocycles. The van der Waals surface area contributed by atoms with Crippen LogP contribution in [-0.4, -0.2) is 53.2 Å². The van der Waals surface area contributed by atoms with Gasteiger partial charge in [0.25, 0.3) is 0 Å². The van der Waals surface area contributed by atoms with Gasteiger partial charge in [0.15, 0.2) is 0 Å². The zero-order chi connectivity index (χ0) is 15.2. The normalized spacial score (nSPS) is 16.0. The highest BCUT2D eigenvalue weighted by atomic mass is 32.2. The van der Waals surface area contributed by atoms with Crippen molar-refractivity contribution in [2.45, 2.75) is 31.7 Å². The average Bonchev–Trinajstić information content (AvgIpc) is 2.56. The standard InChI is InChI=1S/C15H24N4OS/c1-4-18(5-2)15(20)12-6-8-19(9-7-12)13-10-16-11-14(17-13)21-3/h10-12H,4-9H2,1-3H3. The lowest BCUT2D eigenvalue weighted by molar-refractivity contribution is -0.135. The number of nitrogens with zero attached hydrogens (tertiary/aromatic N) is 4. The SMILES string of the molecule is CCN(CC)C(=O)C1CCN(c2cncc(SC)n2)CC1. The summed E-state index contributed by atoms with van der Waals surface area (Å²) in [5.41, 5.74) is 0. The largest absolute Gasteiger partial charge is 0.355 e. The Bertz CT molecular complexity index is 470. The molecule has 1 amide bonds. The summed E-state index contributed by atoms with van der Waals surface area (Å²) in [5, 5.41) is 0.939. The lowest BCUT2D eigenvalue weighted by Crippen LogP contribution is -2.42. The van der Waals surface area contributed by atoms with E-state index in [0.717, 1.165) is 49.9 Å². The molecule has 1 aromatic heterocycles. The number of piperidine rings is 1. The van der Waals surface area contributed by atoms with Crippen LogP contribution in [0.3, 0.4) is 0 Å². The molecule has 1 fully saturated rings. The highest BCUT2D eigenvalue weighted by molar-refractivity contribution is 7.98. The molecule has 0 unspecified atom stereocenters. The van der Waals surface area contributed by atoms with Crippen LogP contribution < -0.4 is 4.90 Å². The average molecular weight is 308 g/mol. The van der Waals surface area contributed by atoms with E-state index in [1.165, 1.54) is 0 Å². The molecule has 1 aliphatic rings. The van der Waals surface area contributed by atoms with Crippen molar-refractivity contribution in [1.29, 1.82) is 0 Å². The second-order valence-corrected chi connectivity index (χ2v) is 6.02. The molecule has 1 aromatic rings. The summed E-state index contributed by atoms with van der Waals surface area (Å²) < 4.78 is 0. The van der Waals surface area contributed by atoms with E-state index < -0.39 is 0 Å². The molecule has 6 heteroatoms. The van der Waals surface area contributed by atoms with E-state index in [2.05, 4.69) is 14.9 Å². The van der Waals surface area contributed by atoms with Gasteiger partial charge in [-0.15, -0.1) is 11.8 Å². The molecule has 0 spiro atoms. The molecule has 0 aliphatic carbocycles. The van der Waals surface area contributed by atoms with Gasteiger partial charge in [0.1, 0.15) is 10.8 Å². The quantitative estimate of drug-likeness (QED) is 0.781. The van der Waals surface area contributed by atoms with Crippen molar-refractivity contribution in [3.05, 3.63) is 12.4 Å². The summed E-state index contributed by atoms with van der Waals surface area (Å²) in [5.74, 6) is 1.40. The minimum atomic E-state index is 0.165. The van der Waals surface area contributed by atoms with E-state index >= 15 is 0 Å². The molecular formula is C15H24N4OS. The van der Waals surface area contributed by atoms with E-state index in [0.29, 0.717) is 5.91 Å². The van der Waals surface area contributed by atoms with Gasteiger partial charge in [0.2, 0.25) is 5.91 Å². The van der Waals surface area contributed by atoms with Gasteiger partial charge >= 0.3 is 0 Å². The van der Waals surface area contributed by atoms with Gasteiger partial charge in [-0.05, 0) is 32.9 Å². The summed E-state index contributed by atoms with van der Waals surface area (Å²) in [6.45, 7) is 7.45. The zero-order valence-electron chi connectivity index (χ0n) is 13.1. The Morgan fingerprint density at radius 3 is 2.57 bits per heavy atom. The predicted molar refractivity (Wildman–Crippen MR) is 86.7 cm³/mol. The zero-order valence-corrected chi connectivity index (χ0v) is 13.9. The van der Waals surface area contributed by atoms with E-state index in [1.54, 1.807) is 18.0 Å². The summed E-state index contributed by atoms with van der Waals surface area (Å²) in [7, 11) is 0. The maximum atomic E-state index is 12.4. The molecule has 0 N–H and O–H groups in total. The van der Waals surface area contributed by atoms with Gasteiger partial charge < -0.3 is 9.80 Å². The Morgan fingerprint density at radius 2 is 2.00 bits per heavy atom. The van der Waals surface area contributed by atoms with Gasteiger partial charge in [0.05, 0.1) is 12.4 Å². The molecular weight excluding hydrogens is 284 g/mol. The fraction of sp³-hybridized carbons (Fsp3) is 0.667. The summed E-state index contributed by atoms with van der Waals surface area (Å²) >= 11 is 1.60. The van der Waals surface area contributed by atoms with Crippen LogP contribution in [0.4, 0.5) is 5.82 Å². The van der Waals surface area contributed by atoms with Crippen molar-refractivity contribution >= 4 is 23.5 Å². The minimum absolute atomic E-state index is 0.165. The van der Waals surface area contributed by atoms with E-state index in [9.17, 15) is 4.79 Å². The topological polar surface area (TPSA) is 49.3 Å². The van der Waals surface area contributed by atoms with Crippen molar-refractivity contribution in [3.8, 4) is 0 Å². The predicted octanol–water partition coefficient (Wildman–Crippen LogP) is 2.28. The van der Waals surface area contributed by atoms with Gasteiger partial charge in [0, 0.05) is 32.1 Å². The van der Waals surface area contributed by atoms with Gasteiger partial charge in [-0.3, -0.25) is 9.78 Å². The number of amides is 1. The summed E-state index contributed by atoms with van der Waals surface area (Å²) in [4.78, 5) is 25.4. The van der Waals surface area contributed by atoms with Crippen molar-refractivity contribution in [1.82, 2.24) is 14.9 Å². The summed E-state index contributed by atoms with van der Waals surface area (Å²) in [6, 6.07) is 0. The monoisotopic (exact) mass is 308 g/mol. The molecule has 0 atom stereocenters. The van der Waals surface area contributed by atoms with Crippen LogP contribution in [0.2, 0.25) is 0 Å². The van der Waals surface area contributed by atoms with Crippen molar-refractivity contribution < 1.29 is 4.79 Å². The number of thioether (sulfide) groups is 1. The van der Waals surface area contributed by atoms with Crippen molar-refractivity contribution in [2.75, 3.05) is 37.3 Å². The molecule has 5 nitrogen and oxygen atoms in total. The number of carbonyl (C=O) groups is 1. The molecule has 0 saturated carbocycles. The first-order valence-electron chi connectivity index (χ1n) is 7.59. The first-order chi connectivity index (χ1) is 10.2. The fourth-order valence-corrected chi connectivity index (χ4v) is 3.09. The first kappa shape index (κ1) is 16.1. The minimum Gasteiger partial charge on any atom is -0.355 e. The van der Waals surface area contributed by atoms with Crippen LogP contribution in [0.25, 0.3) is 0 Å². The summed E-state index contributed by atoms with van der Waals surface area (Å²) in [6.07, 6.45) is 7.40. The highest BCUT2D eigenvalue weighted by Gasteiger charge is 2.28. The molecule has 21 heavy (non-hydrogen) atoms. The van der Waals surface area contributed by atoms with Crippen LogP contribution >= 0.6 is 11.8 Å². The van der Waals surface area contributed by atoms with Gasteiger partial charge in [-0.25, -0.2) is 4.98 Å². The Morgan fingerprint density at radius 1 is 1.33 bits per heavy atom. The molecule has 1 saturated heterocycles. The number of hydrogen-bond acceptors (Lipinski definition) is 5. The molecule has 0 bridgehead atoms. The van der Waals surface area contributed by atoms with Crippen LogP contribution in [0.1, 0.15) is 26.7 Å². The van der Waals surface area contributed by atoms with E-state index in [4.69, 9.17) is 0 Å². The lowest BCUT2D eigenvalue weighted by atomic mass is 9.95. The molecule has 1 aliphatic heterocycles. The maximum Gasteiger partial charge on any atom is 0.225 e. The van der Waals surface area contributed by atoms with Gasteiger partial charge in [-0.2, -0.15) is 0 Å². The fourth-order valence-electron chi connectivity index (χ4n) is 2.74. The second-order valence-electron chi connectivity index (χ2n) is 5.19. The Balaban J connectivity index is 1.95. The van der Waals surface area contributed by atoms with Crippen molar-refractivity contribution in [3.63, 3.8) is 0 Å². The van der Waals surface area contributed by atoms with Crippen LogP contribution in [0.15, 0.2) is 17.4 Å². The third-order valence-electron chi connectivity index (χ3n) is 4.05. The third kappa shape index (κ3) is 3.87. The Labute approximate surface area is 131 Å². The smallest absolute Gasteiger partial charge is 0.225 e. The first-order valence-corrected chi connectivity index (χ1v) is 8.81. The lowest BCUT2D eigenvalue weighted by Gasteiger charge is -2.34. The van der Waals surface area contributed by atoms with Crippen LogP contribution in [-0.2, 0) is 4.79 Å². The van der Waals surface area contributed by atoms with Crippen molar-refractivity contribution in [2.24, 2.45) is 5.92 Å². The Kier molecular flexibility index (Phi) is 5.85. The Hall–Kier alpha value is -1.30. The molecule has 116 valence electrons. The van der Waals surface area contributed by atoms with Crippen LogP contribution in [0, 0.1) is 5.92 Å². The number of aromatic nitrogens is 2. The number of rotatable bonds is 5. The molecule has 0 aromatic carbocycles.